The maximum atomic E-state index is 12.7. The molecule has 0 radical (unpaired) electrons. The number of carbonyl (C=O) groups is 2. The molecule has 5 heteroatoms. The summed E-state index contributed by atoms with van der Waals surface area (Å²) in [4.78, 5) is 28.8. The second-order valence-corrected chi connectivity index (χ2v) is 8.26. The molecule has 0 unspecified atom stereocenters. The van der Waals surface area contributed by atoms with E-state index >= 15 is 0 Å². The van der Waals surface area contributed by atoms with Crippen LogP contribution in [0.3, 0.4) is 0 Å². The molecule has 5 nitrogen and oxygen atoms in total. The summed E-state index contributed by atoms with van der Waals surface area (Å²) in [7, 11) is 0. The maximum absolute atomic E-state index is 12.7. The predicted octanol–water partition coefficient (Wildman–Crippen LogP) is 2.62. The van der Waals surface area contributed by atoms with Gasteiger partial charge in [0.05, 0.1) is 5.60 Å². The van der Waals surface area contributed by atoms with E-state index in [1.165, 1.54) is 12.8 Å². The Morgan fingerprint density at radius 1 is 1.15 bits per heavy atom. The van der Waals surface area contributed by atoms with Crippen LogP contribution in [-0.2, 0) is 11.2 Å². The number of hydrogen-bond donors (Lipinski definition) is 1. The van der Waals surface area contributed by atoms with Crippen LogP contribution in [0.15, 0.2) is 24.3 Å². The number of hydrogen-bond acceptors (Lipinski definition) is 3. The molecule has 3 rings (SSSR count). The first-order valence-electron chi connectivity index (χ1n) is 9.73. The van der Waals surface area contributed by atoms with Crippen molar-refractivity contribution >= 4 is 11.8 Å². The SMILES string of the molecule is CC(C)(O)CCc1ccc(C(=O)N2CCN(C3CCCC3)C(=O)C2)cc1. The summed E-state index contributed by atoms with van der Waals surface area (Å²) in [5.74, 6) is 0.0109. The summed E-state index contributed by atoms with van der Waals surface area (Å²) in [6, 6.07) is 7.92. The van der Waals surface area contributed by atoms with Gasteiger partial charge in [-0.15, -0.1) is 0 Å². The van der Waals surface area contributed by atoms with Crippen LogP contribution in [0, 0.1) is 0 Å². The Bertz CT molecular complexity index is 642. The van der Waals surface area contributed by atoms with Crippen molar-refractivity contribution in [3.05, 3.63) is 35.4 Å². The summed E-state index contributed by atoms with van der Waals surface area (Å²) in [5, 5.41) is 9.82. The second-order valence-electron chi connectivity index (χ2n) is 8.26. The molecule has 0 spiro atoms. The molecule has 1 heterocycles. The maximum Gasteiger partial charge on any atom is 0.254 e. The molecular weight excluding hydrogens is 328 g/mol. The standard InChI is InChI=1S/C21H30N2O3/c1-21(2,26)12-11-16-7-9-17(10-8-16)20(25)22-13-14-23(19(24)15-22)18-5-3-4-6-18/h7-10,18,26H,3-6,11-15H2,1-2H3. The van der Waals surface area contributed by atoms with Gasteiger partial charge in [0.25, 0.3) is 5.91 Å². The van der Waals surface area contributed by atoms with Gasteiger partial charge in [-0.25, -0.2) is 0 Å². The highest BCUT2D eigenvalue weighted by molar-refractivity contribution is 5.97. The van der Waals surface area contributed by atoms with Crippen LogP contribution in [0.5, 0.6) is 0 Å². The average Bonchev–Trinajstić information content (AvgIpc) is 3.13. The fourth-order valence-electron chi connectivity index (χ4n) is 3.91. The van der Waals surface area contributed by atoms with Gasteiger partial charge in [0.2, 0.25) is 5.91 Å². The third-order valence-electron chi connectivity index (χ3n) is 5.54. The minimum Gasteiger partial charge on any atom is -0.390 e. The second kappa shape index (κ2) is 7.78. The summed E-state index contributed by atoms with van der Waals surface area (Å²) >= 11 is 0. The van der Waals surface area contributed by atoms with Crippen LogP contribution in [0.4, 0.5) is 0 Å². The van der Waals surface area contributed by atoms with Crippen LogP contribution < -0.4 is 0 Å². The van der Waals surface area contributed by atoms with Crippen molar-refractivity contribution in [3.63, 3.8) is 0 Å². The zero-order chi connectivity index (χ0) is 18.7. The van der Waals surface area contributed by atoms with Gasteiger partial charge in [0.15, 0.2) is 0 Å². The minimum absolute atomic E-state index is 0.0709. The monoisotopic (exact) mass is 358 g/mol. The van der Waals surface area contributed by atoms with E-state index in [1.54, 1.807) is 18.7 Å². The Labute approximate surface area is 156 Å². The molecule has 0 atom stereocenters. The lowest BCUT2D eigenvalue weighted by Crippen LogP contribution is -2.54. The van der Waals surface area contributed by atoms with E-state index in [0.29, 0.717) is 31.1 Å². The molecule has 142 valence electrons. The van der Waals surface area contributed by atoms with Crippen LogP contribution in [0.1, 0.15) is 61.9 Å². The predicted molar refractivity (Wildman–Crippen MR) is 101 cm³/mol. The number of rotatable bonds is 5. The number of carbonyl (C=O) groups excluding carboxylic acids is 2. The average molecular weight is 358 g/mol. The van der Waals surface area contributed by atoms with Gasteiger partial charge in [0.1, 0.15) is 6.54 Å². The number of piperazine rings is 1. The Morgan fingerprint density at radius 3 is 2.38 bits per heavy atom. The molecule has 1 saturated heterocycles. The van der Waals surface area contributed by atoms with Gasteiger partial charge in [-0.2, -0.15) is 0 Å². The van der Waals surface area contributed by atoms with Crippen molar-refractivity contribution in [2.24, 2.45) is 0 Å². The number of aliphatic hydroxyl groups is 1. The molecule has 0 aromatic heterocycles. The Balaban J connectivity index is 1.57. The van der Waals surface area contributed by atoms with Crippen molar-refractivity contribution < 1.29 is 14.7 Å². The number of nitrogens with zero attached hydrogens (tertiary/aromatic N) is 2. The number of amides is 2. The van der Waals surface area contributed by atoms with Gasteiger partial charge >= 0.3 is 0 Å². The fourth-order valence-corrected chi connectivity index (χ4v) is 3.91. The van der Waals surface area contributed by atoms with Crippen molar-refractivity contribution in [2.45, 2.75) is 64.0 Å². The van der Waals surface area contributed by atoms with Gasteiger partial charge in [-0.1, -0.05) is 25.0 Å². The highest BCUT2D eigenvalue weighted by atomic mass is 16.3. The molecule has 2 amide bonds. The lowest BCUT2D eigenvalue weighted by molar-refractivity contribution is -0.137. The zero-order valence-electron chi connectivity index (χ0n) is 15.9. The molecule has 1 N–H and O–H groups in total. The van der Waals surface area contributed by atoms with Gasteiger partial charge in [-0.05, 0) is 57.2 Å². The number of aryl methyl sites for hydroxylation is 1. The molecule has 26 heavy (non-hydrogen) atoms. The van der Waals surface area contributed by atoms with E-state index in [2.05, 4.69) is 0 Å². The van der Waals surface area contributed by atoms with Gasteiger partial charge in [0, 0.05) is 24.7 Å². The largest absolute Gasteiger partial charge is 0.390 e. The van der Waals surface area contributed by atoms with E-state index < -0.39 is 5.60 Å². The Hall–Kier alpha value is -1.88. The third-order valence-corrected chi connectivity index (χ3v) is 5.54. The number of benzene rings is 1. The first-order chi connectivity index (χ1) is 12.3. The first-order valence-corrected chi connectivity index (χ1v) is 9.73. The highest BCUT2D eigenvalue weighted by Crippen LogP contribution is 2.25. The van der Waals surface area contributed by atoms with Crippen molar-refractivity contribution in [3.8, 4) is 0 Å². The molecule has 0 bridgehead atoms. The van der Waals surface area contributed by atoms with E-state index in [0.717, 1.165) is 24.8 Å². The lowest BCUT2D eigenvalue weighted by atomic mass is 9.98. The Morgan fingerprint density at radius 2 is 1.81 bits per heavy atom. The molecule has 1 aliphatic carbocycles. The van der Waals surface area contributed by atoms with Crippen LogP contribution >= 0.6 is 0 Å². The fraction of sp³-hybridized carbons (Fsp3) is 0.619. The van der Waals surface area contributed by atoms with Crippen molar-refractivity contribution in [2.75, 3.05) is 19.6 Å². The van der Waals surface area contributed by atoms with Gasteiger partial charge in [-0.3, -0.25) is 9.59 Å². The highest BCUT2D eigenvalue weighted by Gasteiger charge is 2.33. The Kier molecular flexibility index (Phi) is 5.66. The van der Waals surface area contributed by atoms with E-state index in [4.69, 9.17) is 0 Å². The lowest BCUT2D eigenvalue weighted by Gasteiger charge is -2.37. The van der Waals surface area contributed by atoms with Crippen LogP contribution in [0.2, 0.25) is 0 Å². The van der Waals surface area contributed by atoms with Crippen molar-refractivity contribution in [1.82, 2.24) is 9.80 Å². The molecule has 2 aliphatic rings. The molecule has 1 aromatic rings. The minimum atomic E-state index is -0.687. The summed E-state index contributed by atoms with van der Waals surface area (Å²) in [5.41, 5.74) is 1.04. The zero-order valence-corrected chi connectivity index (χ0v) is 15.9. The molecule has 1 saturated carbocycles. The summed E-state index contributed by atoms with van der Waals surface area (Å²) in [6.07, 6.45) is 6.07. The molecule has 1 aromatic carbocycles. The summed E-state index contributed by atoms with van der Waals surface area (Å²) in [6.45, 7) is 5.05. The van der Waals surface area contributed by atoms with Crippen molar-refractivity contribution in [1.29, 1.82) is 0 Å². The molecule has 1 aliphatic heterocycles. The molecular formula is C21H30N2O3. The van der Waals surface area contributed by atoms with E-state index in [-0.39, 0.29) is 18.4 Å². The molecule has 2 fully saturated rings. The van der Waals surface area contributed by atoms with E-state index in [9.17, 15) is 14.7 Å². The normalized spacial score (nSPS) is 19.3. The third kappa shape index (κ3) is 4.64. The summed E-state index contributed by atoms with van der Waals surface area (Å²) < 4.78 is 0. The van der Waals surface area contributed by atoms with Crippen LogP contribution in [0.25, 0.3) is 0 Å². The smallest absolute Gasteiger partial charge is 0.254 e. The first kappa shape index (κ1) is 18.9. The van der Waals surface area contributed by atoms with Crippen LogP contribution in [-0.4, -0.2) is 58.0 Å². The topological polar surface area (TPSA) is 60.9 Å². The quantitative estimate of drug-likeness (QED) is 0.880. The van der Waals surface area contributed by atoms with Gasteiger partial charge < -0.3 is 14.9 Å². The van der Waals surface area contributed by atoms with E-state index in [1.807, 2.05) is 29.2 Å².